The Labute approximate surface area is 143 Å². The van der Waals surface area contributed by atoms with Gasteiger partial charge in [-0.1, -0.05) is 19.1 Å². The Balaban J connectivity index is 2.02. The summed E-state index contributed by atoms with van der Waals surface area (Å²) in [5.74, 6) is 0.330. The third-order valence-corrected chi connectivity index (χ3v) is 4.39. The van der Waals surface area contributed by atoms with Gasteiger partial charge in [0.2, 0.25) is 0 Å². The molecule has 5 heteroatoms. The first-order chi connectivity index (χ1) is 11.5. The van der Waals surface area contributed by atoms with Crippen LogP contribution in [0.4, 0.5) is 17.1 Å². The first-order valence-electron chi connectivity index (χ1n) is 8.23. The zero-order valence-electron chi connectivity index (χ0n) is 14.7. The first-order valence-corrected chi connectivity index (χ1v) is 8.23. The van der Waals surface area contributed by atoms with E-state index in [2.05, 4.69) is 29.9 Å². The monoisotopic (exact) mass is 324 g/mol. The quantitative estimate of drug-likeness (QED) is 0.851. The number of nitrogens with zero attached hydrogens (tertiary/aromatic N) is 4. The molecule has 0 unspecified atom stereocenters. The van der Waals surface area contributed by atoms with Crippen molar-refractivity contribution >= 4 is 23.0 Å². The van der Waals surface area contributed by atoms with E-state index in [9.17, 15) is 4.79 Å². The van der Waals surface area contributed by atoms with E-state index >= 15 is 0 Å². The normalized spacial score (nSPS) is 17.2. The van der Waals surface area contributed by atoms with Crippen LogP contribution in [0.15, 0.2) is 42.6 Å². The molecule has 1 aromatic carbocycles. The molecule has 0 N–H and O–H groups in total. The Morgan fingerprint density at radius 3 is 2.58 bits per heavy atom. The Morgan fingerprint density at radius 1 is 1.17 bits per heavy atom. The summed E-state index contributed by atoms with van der Waals surface area (Å²) in [6.45, 7) is 3.78. The minimum atomic E-state index is -0.0479. The lowest BCUT2D eigenvalue weighted by Crippen LogP contribution is -2.35. The van der Waals surface area contributed by atoms with Gasteiger partial charge in [-0.15, -0.1) is 0 Å². The minimum Gasteiger partial charge on any atom is -0.378 e. The van der Waals surface area contributed by atoms with Crippen LogP contribution >= 0.6 is 0 Å². The standard InChI is InChI=1S/C19H24N4O/c1-14-12-22(4)17-7-5-6-8-18(17)23(13-14)19(24)16-11-15(21(2)3)9-10-20-16/h5-11,14H,12-13H2,1-4H3/t14-/m0/s1. The molecule has 0 bridgehead atoms. The Hall–Kier alpha value is -2.56. The van der Waals surface area contributed by atoms with E-state index < -0.39 is 0 Å². The van der Waals surface area contributed by atoms with E-state index in [4.69, 9.17) is 0 Å². The summed E-state index contributed by atoms with van der Waals surface area (Å²) in [7, 11) is 6.00. The minimum absolute atomic E-state index is 0.0479. The number of carbonyl (C=O) groups excluding carboxylic acids is 1. The fourth-order valence-corrected chi connectivity index (χ4v) is 3.19. The maximum absolute atomic E-state index is 13.2. The second-order valence-electron chi connectivity index (χ2n) is 6.68. The van der Waals surface area contributed by atoms with Gasteiger partial charge in [-0.25, -0.2) is 0 Å². The van der Waals surface area contributed by atoms with Crippen LogP contribution in [0.5, 0.6) is 0 Å². The molecule has 2 aromatic rings. The van der Waals surface area contributed by atoms with Crippen molar-refractivity contribution in [2.45, 2.75) is 6.92 Å². The predicted molar refractivity (Wildman–Crippen MR) is 99.1 cm³/mol. The van der Waals surface area contributed by atoms with Gasteiger partial charge in [0, 0.05) is 46.1 Å². The number of anilines is 3. The molecular weight excluding hydrogens is 300 g/mol. The summed E-state index contributed by atoms with van der Waals surface area (Å²) in [6, 6.07) is 11.8. The van der Waals surface area contributed by atoms with Crippen molar-refractivity contribution in [2.24, 2.45) is 5.92 Å². The number of pyridine rings is 1. The third-order valence-electron chi connectivity index (χ3n) is 4.39. The molecule has 0 fully saturated rings. The van der Waals surface area contributed by atoms with Crippen LogP contribution in [0.3, 0.4) is 0 Å². The molecule has 0 spiro atoms. The SMILES string of the molecule is C[C@H]1CN(C)c2ccccc2N(C(=O)c2cc(N(C)C)ccn2)C1. The van der Waals surface area contributed by atoms with Gasteiger partial charge in [-0.05, 0) is 30.2 Å². The first kappa shape index (κ1) is 16.3. The highest BCUT2D eigenvalue weighted by atomic mass is 16.2. The Kier molecular flexibility index (Phi) is 4.42. The third kappa shape index (κ3) is 3.07. The second-order valence-corrected chi connectivity index (χ2v) is 6.68. The maximum Gasteiger partial charge on any atom is 0.277 e. The summed E-state index contributed by atoms with van der Waals surface area (Å²) in [4.78, 5) is 23.5. The lowest BCUT2D eigenvalue weighted by Gasteiger charge is -2.24. The summed E-state index contributed by atoms with van der Waals surface area (Å²) in [5.41, 5.74) is 3.49. The van der Waals surface area contributed by atoms with Gasteiger partial charge in [-0.3, -0.25) is 9.78 Å². The van der Waals surface area contributed by atoms with Crippen molar-refractivity contribution in [1.82, 2.24) is 4.98 Å². The van der Waals surface area contributed by atoms with E-state index in [-0.39, 0.29) is 5.91 Å². The molecule has 0 saturated carbocycles. The van der Waals surface area contributed by atoms with Crippen molar-refractivity contribution in [3.05, 3.63) is 48.3 Å². The van der Waals surface area contributed by atoms with Gasteiger partial charge < -0.3 is 14.7 Å². The van der Waals surface area contributed by atoms with Gasteiger partial charge in [0.1, 0.15) is 5.69 Å². The fourth-order valence-electron chi connectivity index (χ4n) is 3.19. The number of hydrogen-bond acceptors (Lipinski definition) is 4. The topological polar surface area (TPSA) is 39.7 Å². The van der Waals surface area contributed by atoms with Crippen molar-refractivity contribution in [3.8, 4) is 0 Å². The summed E-state index contributed by atoms with van der Waals surface area (Å²) < 4.78 is 0. The van der Waals surface area contributed by atoms with Crippen molar-refractivity contribution in [3.63, 3.8) is 0 Å². The van der Waals surface area contributed by atoms with Crippen LogP contribution in [-0.2, 0) is 0 Å². The molecule has 5 nitrogen and oxygen atoms in total. The number of amides is 1. The summed E-state index contributed by atoms with van der Waals surface area (Å²) in [5, 5.41) is 0. The smallest absolute Gasteiger partial charge is 0.277 e. The molecule has 0 aliphatic carbocycles. The molecule has 0 radical (unpaired) electrons. The van der Waals surface area contributed by atoms with Crippen LogP contribution in [0.2, 0.25) is 0 Å². The molecule has 126 valence electrons. The van der Waals surface area contributed by atoms with E-state index in [1.807, 2.05) is 54.2 Å². The molecule has 1 aromatic heterocycles. The number of para-hydroxylation sites is 2. The van der Waals surface area contributed by atoms with Gasteiger partial charge >= 0.3 is 0 Å². The number of aromatic nitrogens is 1. The molecule has 1 aliphatic heterocycles. The van der Waals surface area contributed by atoms with Crippen molar-refractivity contribution in [1.29, 1.82) is 0 Å². The number of benzene rings is 1. The van der Waals surface area contributed by atoms with Gasteiger partial charge in [0.05, 0.1) is 11.4 Å². The zero-order chi connectivity index (χ0) is 17.3. The van der Waals surface area contributed by atoms with E-state index in [0.717, 1.165) is 23.6 Å². The molecule has 0 saturated heterocycles. The Bertz CT molecular complexity index is 744. The van der Waals surface area contributed by atoms with Gasteiger partial charge in [-0.2, -0.15) is 0 Å². The van der Waals surface area contributed by atoms with Crippen LogP contribution in [0, 0.1) is 5.92 Å². The lowest BCUT2D eigenvalue weighted by atomic mass is 10.1. The number of carbonyl (C=O) groups is 1. The molecule has 1 atom stereocenters. The maximum atomic E-state index is 13.2. The van der Waals surface area contributed by atoms with Crippen molar-refractivity contribution < 1.29 is 4.79 Å². The zero-order valence-corrected chi connectivity index (χ0v) is 14.7. The molecule has 24 heavy (non-hydrogen) atoms. The van der Waals surface area contributed by atoms with Crippen molar-refractivity contribution in [2.75, 3.05) is 48.9 Å². The molecule has 2 heterocycles. The van der Waals surface area contributed by atoms with Crippen LogP contribution in [-0.4, -0.2) is 45.1 Å². The highest BCUT2D eigenvalue weighted by molar-refractivity contribution is 6.07. The predicted octanol–water partition coefficient (Wildman–Crippen LogP) is 2.88. The number of rotatable bonds is 2. The summed E-state index contributed by atoms with van der Waals surface area (Å²) in [6.07, 6.45) is 1.70. The highest BCUT2D eigenvalue weighted by Gasteiger charge is 2.28. The highest BCUT2D eigenvalue weighted by Crippen LogP contribution is 2.33. The van der Waals surface area contributed by atoms with Gasteiger partial charge in [0.15, 0.2) is 0 Å². The largest absolute Gasteiger partial charge is 0.378 e. The molecule has 1 aliphatic rings. The summed E-state index contributed by atoms with van der Waals surface area (Å²) >= 11 is 0. The number of fused-ring (bicyclic) bond motifs is 1. The van der Waals surface area contributed by atoms with E-state index in [0.29, 0.717) is 18.2 Å². The Morgan fingerprint density at radius 2 is 1.88 bits per heavy atom. The molecule has 3 rings (SSSR count). The average Bonchev–Trinajstić information content (AvgIpc) is 2.71. The van der Waals surface area contributed by atoms with Gasteiger partial charge in [0.25, 0.3) is 5.91 Å². The fraction of sp³-hybridized carbons (Fsp3) is 0.368. The second kappa shape index (κ2) is 6.51. The molecular formula is C19H24N4O. The van der Waals surface area contributed by atoms with E-state index in [1.54, 1.807) is 6.20 Å². The average molecular weight is 324 g/mol. The number of hydrogen-bond donors (Lipinski definition) is 0. The van der Waals surface area contributed by atoms with Crippen LogP contribution < -0.4 is 14.7 Å². The lowest BCUT2D eigenvalue weighted by molar-refractivity contribution is 0.0979. The van der Waals surface area contributed by atoms with Crippen LogP contribution in [0.25, 0.3) is 0 Å². The molecule has 1 amide bonds. The van der Waals surface area contributed by atoms with E-state index in [1.165, 1.54) is 0 Å². The van der Waals surface area contributed by atoms with Crippen LogP contribution in [0.1, 0.15) is 17.4 Å².